The first-order valence-electron chi connectivity index (χ1n) is 12.1. The number of para-hydroxylation sites is 1. The first-order valence-corrected chi connectivity index (χ1v) is 13.1. The van der Waals surface area contributed by atoms with Crippen LogP contribution in [0.3, 0.4) is 0 Å². The topological polar surface area (TPSA) is 65.2 Å². The van der Waals surface area contributed by atoms with Gasteiger partial charge in [-0.25, -0.2) is 0 Å². The molecule has 1 fully saturated rings. The van der Waals surface area contributed by atoms with E-state index in [9.17, 15) is 4.79 Å². The lowest BCUT2D eigenvalue weighted by Crippen LogP contribution is -2.33. The van der Waals surface area contributed by atoms with Crippen LogP contribution in [0.4, 0.5) is 0 Å². The van der Waals surface area contributed by atoms with E-state index < -0.39 is 0 Å². The summed E-state index contributed by atoms with van der Waals surface area (Å²) in [5.41, 5.74) is 3.87. The number of methoxy groups -OCH3 is 1. The van der Waals surface area contributed by atoms with Gasteiger partial charge in [-0.2, -0.15) is 0 Å². The average molecular weight is 482 g/mol. The molecule has 1 aliphatic heterocycles. The number of ether oxygens (including phenoxy) is 1. The Hall–Kier alpha value is -2.42. The van der Waals surface area contributed by atoms with Gasteiger partial charge in [-0.3, -0.25) is 14.3 Å². The predicted octanol–water partition coefficient (Wildman–Crippen LogP) is 4.85. The van der Waals surface area contributed by atoms with Crippen LogP contribution < -0.4 is 0 Å². The highest BCUT2D eigenvalue weighted by molar-refractivity contribution is 7.99. The molecule has 0 radical (unpaired) electrons. The van der Waals surface area contributed by atoms with Crippen molar-refractivity contribution in [2.75, 3.05) is 32.6 Å². The Balaban J connectivity index is 1.56. The van der Waals surface area contributed by atoms with Crippen LogP contribution in [0.15, 0.2) is 41.6 Å². The smallest absolute Gasteiger partial charge is 0.196 e. The van der Waals surface area contributed by atoms with Crippen molar-refractivity contribution in [2.45, 2.75) is 57.8 Å². The van der Waals surface area contributed by atoms with Crippen LogP contribution in [0.2, 0.25) is 0 Å². The van der Waals surface area contributed by atoms with Crippen LogP contribution in [0.1, 0.15) is 59.8 Å². The molecule has 3 heterocycles. The quantitative estimate of drug-likeness (QED) is 0.305. The van der Waals surface area contributed by atoms with Gasteiger partial charge in [0, 0.05) is 36.3 Å². The van der Waals surface area contributed by atoms with Crippen molar-refractivity contribution in [1.29, 1.82) is 0 Å². The van der Waals surface area contributed by atoms with Gasteiger partial charge in [0.1, 0.15) is 0 Å². The summed E-state index contributed by atoms with van der Waals surface area (Å²) in [6.07, 6.45) is 3.75. The highest BCUT2D eigenvalue weighted by atomic mass is 32.2. The van der Waals surface area contributed by atoms with Gasteiger partial charge in [-0.05, 0) is 64.9 Å². The second kappa shape index (κ2) is 11.3. The molecular weight excluding hydrogens is 446 g/mol. The molecule has 34 heavy (non-hydrogen) atoms. The number of aryl methyl sites for hydroxylation is 1. The summed E-state index contributed by atoms with van der Waals surface area (Å²) in [5.74, 6) is 1.35. The zero-order valence-electron chi connectivity index (χ0n) is 20.7. The number of hydrogen-bond acceptors (Lipinski definition) is 6. The number of ketones is 1. The number of nitrogens with zero attached hydrogens (tertiary/aromatic N) is 5. The molecule has 1 aliphatic rings. The average Bonchev–Trinajstić information content (AvgIpc) is 3.42. The largest absolute Gasteiger partial charge is 0.383 e. The Morgan fingerprint density at radius 2 is 1.85 bits per heavy atom. The van der Waals surface area contributed by atoms with Crippen molar-refractivity contribution >= 4 is 17.5 Å². The summed E-state index contributed by atoms with van der Waals surface area (Å²) < 4.78 is 9.49. The Morgan fingerprint density at radius 3 is 2.56 bits per heavy atom. The first-order chi connectivity index (χ1) is 16.5. The number of Topliss-reactive ketones (excluding diaryl/α,β-unsaturated/α-hetero) is 1. The molecule has 182 valence electrons. The number of carbonyl (C=O) groups excluding carboxylic acids is 1. The Kier molecular flexibility index (Phi) is 8.24. The molecule has 1 aromatic carbocycles. The van der Waals surface area contributed by atoms with Crippen molar-refractivity contribution in [3.05, 3.63) is 59.2 Å². The van der Waals surface area contributed by atoms with Gasteiger partial charge in [0.05, 0.1) is 18.4 Å². The predicted molar refractivity (Wildman–Crippen MR) is 136 cm³/mol. The fourth-order valence-electron chi connectivity index (χ4n) is 4.75. The van der Waals surface area contributed by atoms with Gasteiger partial charge >= 0.3 is 0 Å². The zero-order chi connectivity index (χ0) is 24.1. The Bertz CT molecular complexity index is 1100. The number of benzene rings is 1. The molecular formula is C26H35N5O2S. The van der Waals surface area contributed by atoms with Crippen molar-refractivity contribution in [3.63, 3.8) is 0 Å². The monoisotopic (exact) mass is 481 g/mol. The molecule has 4 rings (SSSR count). The van der Waals surface area contributed by atoms with Crippen molar-refractivity contribution in [3.8, 4) is 5.69 Å². The summed E-state index contributed by atoms with van der Waals surface area (Å²) in [4.78, 5) is 15.7. The third-order valence-corrected chi connectivity index (χ3v) is 7.64. The minimum atomic E-state index is 0.106. The second-order valence-electron chi connectivity index (χ2n) is 8.93. The van der Waals surface area contributed by atoms with Crippen LogP contribution in [-0.2, 0) is 11.3 Å². The maximum absolute atomic E-state index is 13.2. The molecule has 1 saturated heterocycles. The maximum Gasteiger partial charge on any atom is 0.196 e. The molecule has 0 aliphatic carbocycles. The van der Waals surface area contributed by atoms with E-state index in [4.69, 9.17) is 4.74 Å². The fraction of sp³-hybridized carbons (Fsp3) is 0.500. The summed E-state index contributed by atoms with van der Waals surface area (Å²) >= 11 is 1.46. The molecule has 0 unspecified atom stereocenters. The normalized spacial score (nSPS) is 15.5. The molecule has 0 spiro atoms. The summed E-state index contributed by atoms with van der Waals surface area (Å²) in [6, 6.07) is 12.4. The third-order valence-electron chi connectivity index (χ3n) is 6.71. The lowest BCUT2D eigenvalue weighted by Gasteiger charge is -2.31. The molecule has 7 nitrogen and oxygen atoms in total. The van der Waals surface area contributed by atoms with Gasteiger partial charge in [-0.1, -0.05) is 36.4 Å². The van der Waals surface area contributed by atoms with Gasteiger partial charge in [0.25, 0.3) is 0 Å². The van der Waals surface area contributed by atoms with E-state index in [0.29, 0.717) is 12.4 Å². The van der Waals surface area contributed by atoms with Gasteiger partial charge in [-0.15, -0.1) is 10.2 Å². The first kappa shape index (κ1) is 24.7. The van der Waals surface area contributed by atoms with E-state index in [1.54, 1.807) is 7.11 Å². The number of hydrogen-bond donors (Lipinski definition) is 0. The lowest BCUT2D eigenvalue weighted by molar-refractivity contribution is 0.102. The molecule has 3 aromatic rings. The molecule has 1 atom stereocenters. The molecule has 0 saturated carbocycles. The van der Waals surface area contributed by atoms with E-state index in [-0.39, 0.29) is 11.8 Å². The minimum absolute atomic E-state index is 0.106. The fourth-order valence-corrected chi connectivity index (χ4v) is 5.59. The van der Waals surface area contributed by atoms with Crippen molar-refractivity contribution in [1.82, 2.24) is 24.2 Å². The van der Waals surface area contributed by atoms with E-state index >= 15 is 0 Å². The second-order valence-corrected chi connectivity index (χ2v) is 9.87. The van der Waals surface area contributed by atoms with Gasteiger partial charge in [0.2, 0.25) is 0 Å². The summed E-state index contributed by atoms with van der Waals surface area (Å²) in [7, 11) is 1.69. The van der Waals surface area contributed by atoms with E-state index in [1.807, 2.05) is 38.1 Å². The molecule has 0 N–H and O–H groups in total. The number of rotatable bonds is 10. The minimum Gasteiger partial charge on any atom is -0.383 e. The van der Waals surface area contributed by atoms with Crippen LogP contribution in [0.5, 0.6) is 0 Å². The highest BCUT2D eigenvalue weighted by Gasteiger charge is 2.26. The Labute approximate surface area is 206 Å². The van der Waals surface area contributed by atoms with Crippen molar-refractivity contribution < 1.29 is 9.53 Å². The summed E-state index contributed by atoms with van der Waals surface area (Å²) in [6.45, 7) is 9.79. The van der Waals surface area contributed by atoms with Crippen LogP contribution in [0, 0.1) is 13.8 Å². The number of likely N-dealkylation sites (tertiary alicyclic amines) is 1. The molecule has 2 aromatic heterocycles. The number of carbonyl (C=O) groups is 1. The molecule has 8 heteroatoms. The standard InChI is InChI=1S/C26H35N5O2S/c1-19-17-23(20(2)30(19)15-16-33-4)24(32)18-34-26-28-27-25(21(3)29-13-9-6-10-14-29)31(26)22-11-7-5-8-12-22/h5,7-8,11-12,17,21H,6,9-10,13-16,18H2,1-4H3/t21-/m0/s1. The maximum atomic E-state index is 13.2. The van der Waals surface area contributed by atoms with Gasteiger partial charge in [0.15, 0.2) is 16.8 Å². The van der Waals surface area contributed by atoms with Crippen LogP contribution in [-0.4, -0.2) is 62.6 Å². The third kappa shape index (κ3) is 5.29. The van der Waals surface area contributed by atoms with Crippen molar-refractivity contribution in [2.24, 2.45) is 0 Å². The number of piperidine rings is 1. The molecule has 0 bridgehead atoms. The lowest BCUT2D eigenvalue weighted by atomic mass is 10.1. The van der Waals surface area contributed by atoms with Crippen LogP contribution in [0.25, 0.3) is 5.69 Å². The number of thioether (sulfide) groups is 1. The molecule has 0 amide bonds. The van der Waals surface area contributed by atoms with E-state index in [1.165, 1.54) is 31.0 Å². The SMILES string of the molecule is COCCn1c(C)cc(C(=O)CSc2nnc([C@H](C)N3CCCCC3)n2-c2ccccc2)c1C. The van der Waals surface area contributed by atoms with E-state index in [0.717, 1.165) is 53.3 Å². The van der Waals surface area contributed by atoms with Crippen LogP contribution >= 0.6 is 11.8 Å². The van der Waals surface area contributed by atoms with Gasteiger partial charge < -0.3 is 9.30 Å². The van der Waals surface area contributed by atoms with E-state index in [2.05, 4.69) is 43.3 Å². The summed E-state index contributed by atoms with van der Waals surface area (Å²) in [5, 5.41) is 9.90. The highest BCUT2D eigenvalue weighted by Crippen LogP contribution is 2.30. The zero-order valence-corrected chi connectivity index (χ0v) is 21.5. The Morgan fingerprint density at radius 1 is 1.12 bits per heavy atom. The number of aromatic nitrogens is 4.